The van der Waals surface area contributed by atoms with Crippen LogP contribution in [0.15, 0.2) is 40.8 Å². The number of nitro benzene ring substituents is 1. The first-order valence-electron chi connectivity index (χ1n) is 9.60. The molecule has 0 aliphatic carbocycles. The highest BCUT2D eigenvalue weighted by Gasteiger charge is 2.34. The van der Waals surface area contributed by atoms with Gasteiger partial charge in [0.05, 0.1) is 9.95 Å². The van der Waals surface area contributed by atoms with Gasteiger partial charge in [0, 0.05) is 30.9 Å². The van der Waals surface area contributed by atoms with Crippen LogP contribution in [0, 0.1) is 17.0 Å². The number of alkyl halides is 3. The summed E-state index contributed by atoms with van der Waals surface area (Å²) in [7, 11) is 0. The molecule has 0 atom stereocenters. The number of benzene rings is 1. The lowest BCUT2D eigenvalue weighted by molar-refractivity contribution is -0.384. The smallest absolute Gasteiger partial charge is 0.435 e. The van der Waals surface area contributed by atoms with Crippen molar-refractivity contribution < 1.29 is 32.0 Å². The Kier molecular flexibility index (Phi) is 7.26. The molecule has 33 heavy (non-hydrogen) atoms. The van der Waals surface area contributed by atoms with Gasteiger partial charge in [-0.2, -0.15) is 18.3 Å². The first-order valence-corrected chi connectivity index (χ1v) is 9.97. The topological polar surface area (TPSA) is 112 Å². The Morgan fingerprint density at radius 2 is 2.06 bits per heavy atom. The number of hydrogen-bond donors (Lipinski definition) is 1. The number of furan rings is 1. The highest BCUT2D eigenvalue weighted by atomic mass is 35.5. The molecule has 0 saturated heterocycles. The molecule has 3 aromatic rings. The van der Waals surface area contributed by atoms with Crippen molar-refractivity contribution in [3.05, 3.63) is 74.4 Å². The van der Waals surface area contributed by atoms with E-state index in [1.165, 1.54) is 35.9 Å². The second kappa shape index (κ2) is 9.94. The summed E-state index contributed by atoms with van der Waals surface area (Å²) in [6.45, 7) is 1.86. The predicted molar refractivity (Wildman–Crippen MR) is 110 cm³/mol. The lowest BCUT2D eigenvalue weighted by Gasteiger charge is -2.07. The molecule has 0 aliphatic rings. The van der Waals surface area contributed by atoms with Crippen LogP contribution in [0.5, 0.6) is 5.75 Å². The van der Waals surface area contributed by atoms with Crippen LogP contribution in [0.2, 0.25) is 5.02 Å². The van der Waals surface area contributed by atoms with E-state index in [4.69, 9.17) is 20.8 Å². The minimum absolute atomic E-state index is 0.0259. The maximum atomic E-state index is 12.7. The van der Waals surface area contributed by atoms with Crippen LogP contribution >= 0.6 is 11.6 Å². The van der Waals surface area contributed by atoms with Crippen molar-refractivity contribution >= 4 is 23.2 Å². The van der Waals surface area contributed by atoms with Crippen molar-refractivity contribution in [2.75, 3.05) is 6.54 Å². The van der Waals surface area contributed by atoms with Gasteiger partial charge in [0.15, 0.2) is 11.5 Å². The summed E-state index contributed by atoms with van der Waals surface area (Å²) in [5.41, 5.74) is -0.755. The number of carbonyl (C=O) groups is 1. The number of aromatic nitrogens is 2. The SMILES string of the molecule is Cc1cc(C(F)(F)F)nn1CCCNC(=O)c1ccc(COc2ccc([N+](=O)[O-])cc2Cl)o1. The summed E-state index contributed by atoms with van der Waals surface area (Å²) in [6.07, 6.45) is -4.14. The van der Waals surface area contributed by atoms with E-state index in [9.17, 15) is 28.1 Å². The molecule has 0 unspecified atom stereocenters. The van der Waals surface area contributed by atoms with Gasteiger partial charge in [-0.25, -0.2) is 0 Å². The quantitative estimate of drug-likeness (QED) is 0.265. The van der Waals surface area contributed by atoms with Crippen molar-refractivity contribution in [1.82, 2.24) is 15.1 Å². The Morgan fingerprint density at radius 1 is 1.30 bits per heavy atom. The lowest BCUT2D eigenvalue weighted by atomic mass is 10.3. The Balaban J connectivity index is 1.46. The number of ether oxygens (including phenoxy) is 1. The maximum Gasteiger partial charge on any atom is 0.435 e. The monoisotopic (exact) mass is 486 g/mol. The van der Waals surface area contributed by atoms with Gasteiger partial charge in [0.2, 0.25) is 0 Å². The van der Waals surface area contributed by atoms with E-state index in [1.54, 1.807) is 0 Å². The molecule has 0 fully saturated rings. The number of rotatable bonds is 9. The molecule has 0 saturated carbocycles. The Morgan fingerprint density at radius 3 is 2.70 bits per heavy atom. The second-order valence-corrected chi connectivity index (χ2v) is 7.33. The minimum Gasteiger partial charge on any atom is -0.484 e. The fourth-order valence-electron chi connectivity index (χ4n) is 2.84. The zero-order valence-electron chi connectivity index (χ0n) is 17.2. The summed E-state index contributed by atoms with van der Waals surface area (Å²) < 4.78 is 50.2. The van der Waals surface area contributed by atoms with Crippen LogP contribution in [0.4, 0.5) is 18.9 Å². The molecule has 2 heterocycles. The van der Waals surface area contributed by atoms with E-state index < -0.39 is 22.7 Å². The van der Waals surface area contributed by atoms with Gasteiger partial charge in [-0.3, -0.25) is 19.6 Å². The molecule has 3 rings (SSSR count). The number of carbonyl (C=O) groups excluding carboxylic acids is 1. The van der Waals surface area contributed by atoms with Crippen molar-refractivity contribution in [2.45, 2.75) is 32.7 Å². The van der Waals surface area contributed by atoms with Crippen molar-refractivity contribution in [2.24, 2.45) is 0 Å². The zero-order valence-corrected chi connectivity index (χ0v) is 17.9. The molecule has 0 aliphatic heterocycles. The average Bonchev–Trinajstić information content (AvgIpc) is 3.36. The minimum atomic E-state index is -4.51. The molecular weight excluding hydrogens is 469 g/mol. The summed E-state index contributed by atoms with van der Waals surface area (Å²) >= 11 is 5.96. The van der Waals surface area contributed by atoms with Crippen LogP contribution in [-0.4, -0.2) is 27.2 Å². The van der Waals surface area contributed by atoms with Gasteiger partial charge in [0.25, 0.3) is 11.6 Å². The number of halogens is 4. The maximum absolute atomic E-state index is 12.7. The second-order valence-electron chi connectivity index (χ2n) is 6.93. The zero-order chi connectivity index (χ0) is 24.2. The number of amides is 1. The molecular formula is C20H18ClF3N4O5. The highest BCUT2D eigenvalue weighted by molar-refractivity contribution is 6.32. The predicted octanol–water partition coefficient (Wildman–Crippen LogP) is 4.76. The number of aryl methyl sites for hydroxylation is 2. The Labute approximate surface area is 190 Å². The number of hydrogen-bond acceptors (Lipinski definition) is 6. The average molecular weight is 487 g/mol. The number of nitrogens with one attached hydrogen (secondary N) is 1. The van der Waals surface area contributed by atoms with E-state index in [1.807, 2.05) is 0 Å². The molecule has 9 nitrogen and oxygen atoms in total. The van der Waals surface area contributed by atoms with Crippen LogP contribution in [0.1, 0.15) is 34.1 Å². The molecule has 176 valence electrons. The van der Waals surface area contributed by atoms with E-state index in [0.29, 0.717) is 17.9 Å². The summed E-state index contributed by atoms with van der Waals surface area (Å²) in [4.78, 5) is 22.4. The molecule has 1 amide bonds. The van der Waals surface area contributed by atoms with Gasteiger partial charge in [-0.15, -0.1) is 0 Å². The highest BCUT2D eigenvalue weighted by Crippen LogP contribution is 2.30. The van der Waals surface area contributed by atoms with Gasteiger partial charge in [-0.05, 0) is 37.6 Å². The lowest BCUT2D eigenvalue weighted by Crippen LogP contribution is -2.25. The van der Waals surface area contributed by atoms with Gasteiger partial charge >= 0.3 is 6.18 Å². The third kappa shape index (κ3) is 6.25. The molecule has 0 bridgehead atoms. The Hall–Kier alpha value is -3.54. The van der Waals surface area contributed by atoms with E-state index in [-0.39, 0.29) is 41.9 Å². The van der Waals surface area contributed by atoms with Crippen LogP contribution in [0.3, 0.4) is 0 Å². The molecule has 0 radical (unpaired) electrons. The standard InChI is InChI=1S/C20H18ClF3N4O5/c1-12-9-18(20(22,23)24)26-27(12)8-2-7-25-19(29)17-6-4-14(33-17)11-32-16-5-3-13(28(30)31)10-15(16)21/h3-6,9-10H,2,7-8,11H2,1H3,(H,25,29). The molecule has 0 spiro atoms. The number of nitro groups is 1. The Bertz CT molecular complexity index is 1160. The van der Waals surface area contributed by atoms with E-state index in [0.717, 1.165) is 12.1 Å². The van der Waals surface area contributed by atoms with E-state index >= 15 is 0 Å². The summed E-state index contributed by atoms with van der Waals surface area (Å²) in [6, 6.07) is 7.70. The van der Waals surface area contributed by atoms with Gasteiger partial charge in [-0.1, -0.05) is 11.6 Å². The largest absolute Gasteiger partial charge is 0.484 e. The summed E-state index contributed by atoms with van der Waals surface area (Å²) in [5.74, 6) is 0.0643. The summed E-state index contributed by atoms with van der Waals surface area (Å²) in [5, 5.41) is 16.9. The normalized spacial score (nSPS) is 11.4. The van der Waals surface area contributed by atoms with Crippen LogP contribution in [0.25, 0.3) is 0 Å². The first-order chi connectivity index (χ1) is 15.5. The molecule has 1 N–H and O–H groups in total. The fourth-order valence-corrected chi connectivity index (χ4v) is 3.07. The van der Waals surface area contributed by atoms with Crippen LogP contribution in [-0.2, 0) is 19.3 Å². The number of non-ortho nitro benzene ring substituents is 1. The molecule has 2 aromatic heterocycles. The van der Waals surface area contributed by atoms with Crippen molar-refractivity contribution in [1.29, 1.82) is 0 Å². The van der Waals surface area contributed by atoms with Gasteiger partial charge in [0.1, 0.15) is 18.1 Å². The third-order valence-electron chi connectivity index (χ3n) is 4.49. The molecule has 1 aromatic carbocycles. The molecule has 13 heteroatoms. The van der Waals surface area contributed by atoms with Gasteiger partial charge < -0.3 is 14.5 Å². The van der Waals surface area contributed by atoms with Crippen molar-refractivity contribution in [3.8, 4) is 5.75 Å². The number of nitrogens with zero attached hydrogens (tertiary/aromatic N) is 3. The first kappa shape index (κ1) is 24.1. The van der Waals surface area contributed by atoms with Crippen molar-refractivity contribution in [3.63, 3.8) is 0 Å². The van der Waals surface area contributed by atoms with Crippen LogP contribution < -0.4 is 10.1 Å². The third-order valence-corrected chi connectivity index (χ3v) is 4.78. The fraction of sp³-hybridized carbons (Fsp3) is 0.300. The van der Waals surface area contributed by atoms with E-state index in [2.05, 4.69) is 10.4 Å².